The topological polar surface area (TPSA) is 50.7 Å². The molecule has 0 aliphatic heterocycles. The van der Waals surface area contributed by atoms with Gasteiger partial charge in [0.1, 0.15) is 5.75 Å². The quantitative estimate of drug-likeness (QED) is 0.632. The maximum Gasteiger partial charge on any atom is 0.280 e. The van der Waals surface area contributed by atoms with Gasteiger partial charge in [-0.3, -0.25) is 4.79 Å². The van der Waals surface area contributed by atoms with Crippen LogP contribution in [0.3, 0.4) is 0 Å². The van der Waals surface area contributed by atoms with E-state index in [1.807, 2.05) is 44.2 Å². The molecular weight excluding hydrogens is 324 g/mol. The van der Waals surface area contributed by atoms with Gasteiger partial charge in [-0.1, -0.05) is 41.9 Å². The van der Waals surface area contributed by atoms with Gasteiger partial charge in [0.15, 0.2) is 6.10 Å². The number of amides is 1. The third-order valence-corrected chi connectivity index (χ3v) is 3.70. The van der Waals surface area contributed by atoms with Crippen molar-refractivity contribution in [2.45, 2.75) is 33.3 Å². The highest BCUT2D eigenvalue weighted by Gasteiger charge is 2.15. The van der Waals surface area contributed by atoms with Crippen LogP contribution < -0.4 is 10.2 Å². The normalized spacial score (nSPS) is 12.6. The van der Waals surface area contributed by atoms with Gasteiger partial charge in [-0.2, -0.15) is 5.10 Å². The van der Waals surface area contributed by atoms with Crippen molar-refractivity contribution in [2.24, 2.45) is 5.10 Å². The summed E-state index contributed by atoms with van der Waals surface area (Å²) in [5, 5.41) is 4.77. The molecular formula is C19H21ClN2O2. The Balaban J connectivity index is 1.90. The first-order chi connectivity index (χ1) is 11.5. The Morgan fingerprint density at radius 3 is 2.62 bits per heavy atom. The lowest BCUT2D eigenvalue weighted by Crippen LogP contribution is -2.34. The molecule has 0 fully saturated rings. The number of nitrogens with one attached hydrogen (secondary N) is 1. The molecule has 2 rings (SSSR count). The fourth-order valence-corrected chi connectivity index (χ4v) is 2.39. The van der Waals surface area contributed by atoms with Crippen molar-refractivity contribution in [1.82, 2.24) is 5.43 Å². The van der Waals surface area contributed by atoms with Crippen molar-refractivity contribution in [3.63, 3.8) is 0 Å². The first-order valence-corrected chi connectivity index (χ1v) is 8.13. The van der Waals surface area contributed by atoms with Gasteiger partial charge in [0.2, 0.25) is 0 Å². The first-order valence-electron chi connectivity index (χ1n) is 7.75. The first kappa shape index (κ1) is 18.0. The minimum absolute atomic E-state index is 0.295. The van der Waals surface area contributed by atoms with Gasteiger partial charge >= 0.3 is 0 Å². The number of hydrogen-bond donors (Lipinski definition) is 1. The van der Waals surface area contributed by atoms with E-state index in [-0.39, 0.29) is 5.91 Å². The van der Waals surface area contributed by atoms with Gasteiger partial charge in [-0.05, 0) is 50.1 Å². The molecule has 0 spiro atoms. The molecule has 1 N–H and O–H groups in total. The number of rotatable bonds is 6. The lowest BCUT2D eigenvalue weighted by Gasteiger charge is -2.15. The Bertz CT molecular complexity index is 729. The average Bonchev–Trinajstić information content (AvgIpc) is 2.56. The molecule has 2 aromatic carbocycles. The van der Waals surface area contributed by atoms with E-state index in [0.717, 1.165) is 16.8 Å². The van der Waals surface area contributed by atoms with Gasteiger partial charge in [0.05, 0.1) is 0 Å². The number of aryl methyl sites for hydroxylation is 1. The van der Waals surface area contributed by atoms with E-state index < -0.39 is 6.10 Å². The van der Waals surface area contributed by atoms with E-state index in [4.69, 9.17) is 16.3 Å². The molecule has 4 nitrogen and oxygen atoms in total. The summed E-state index contributed by atoms with van der Waals surface area (Å²) in [6, 6.07) is 15.3. The van der Waals surface area contributed by atoms with Crippen LogP contribution in [0.1, 0.15) is 25.0 Å². The van der Waals surface area contributed by atoms with Crippen LogP contribution >= 0.6 is 11.6 Å². The highest BCUT2D eigenvalue weighted by molar-refractivity contribution is 6.30. The van der Waals surface area contributed by atoms with Gasteiger partial charge in [-0.15, -0.1) is 0 Å². The third-order valence-electron chi connectivity index (χ3n) is 3.47. The van der Waals surface area contributed by atoms with E-state index in [9.17, 15) is 4.79 Å². The second-order valence-corrected chi connectivity index (χ2v) is 6.09. The third kappa shape index (κ3) is 5.39. The molecule has 0 aliphatic carbocycles. The Labute approximate surface area is 147 Å². The molecule has 2 aromatic rings. The van der Waals surface area contributed by atoms with Gasteiger partial charge in [-0.25, -0.2) is 5.43 Å². The minimum Gasteiger partial charge on any atom is -0.481 e. The summed E-state index contributed by atoms with van der Waals surface area (Å²) < 4.78 is 5.67. The summed E-state index contributed by atoms with van der Waals surface area (Å²) in [4.78, 5) is 12.1. The molecule has 0 saturated carbocycles. The minimum atomic E-state index is -0.654. The highest BCUT2D eigenvalue weighted by atomic mass is 35.5. The number of hydrazone groups is 1. The number of nitrogens with zero attached hydrogens (tertiary/aromatic N) is 1. The standard InChI is InChI=1S/C19H21ClN2O2/c1-13-11-17(20)9-10-18(13)24-15(3)19(23)22-21-14(2)12-16-7-5-4-6-8-16/h4-11,15H,12H2,1-3H3,(H,22,23). The van der Waals surface area contributed by atoms with E-state index in [2.05, 4.69) is 10.5 Å². The van der Waals surface area contributed by atoms with Crippen LogP contribution in [-0.2, 0) is 11.2 Å². The average molecular weight is 345 g/mol. The van der Waals surface area contributed by atoms with Gasteiger partial charge in [0, 0.05) is 17.2 Å². The maximum absolute atomic E-state index is 12.1. The smallest absolute Gasteiger partial charge is 0.280 e. The molecule has 1 atom stereocenters. The summed E-state index contributed by atoms with van der Waals surface area (Å²) in [6.45, 7) is 5.45. The van der Waals surface area contributed by atoms with Gasteiger partial charge < -0.3 is 4.74 Å². The number of hydrogen-bond acceptors (Lipinski definition) is 3. The van der Waals surface area contributed by atoms with Crippen molar-refractivity contribution >= 4 is 23.2 Å². The zero-order valence-corrected chi connectivity index (χ0v) is 14.8. The predicted molar refractivity (Wildman–Crippen MR) is 97.7 cm³/mol. The van der Waals surface area contributed by atoms with Crippen LogP contribution in [0.15, 0.2) is 53.6 Å². The highest BCUT2D eigenvalue weighted by Crippen LogP contribution is 2.22. The number of ether oxygens (including phenoxy) is 1. The summed E-state index contributed by atoms with van der Waals surface area (Å²) in [6.07, 6.45) is 0.0327. The summed E-state index contributed by atoms with van der Waals surface area (Å²) in [5.41, 5.74) is 5.40. The molecule has 0 heterocycles. The van der Waals surface area contributed by atoms with Crippen LogP contribution in [0.25, 0.3) is 0 Å². The van der Waals surface area contributed by atoms with Crippen molar-refractivity contribution in [3.05, 3.63) is 64.7 Å². The molecule has 0 aromatic heterocycles. The van der Waals surface area contributed by atoms with Crippen molar-refractivity contribution in [2.75, 3.05) is 0 Å². The SMILES string of the molecule is CC(Cc1ccccc1)=NNC(=O)C(C)Oc1ccc(Cl)cc1C. The monoisotopic (exact) mass is 344 g/mol. The Morgan fingerprint density at radius 1 is 1.25 bits per heavy atom. The summed E-state index contributed by atoms with van der Waals surface area (Å²) in [7, 11) is 0. The Kier molecular flexibility index (Phi) is 6.38. The largest absolute Gasteiger partial charge is 0.481 e. The fourth-order valence-electron chi connectivity index (χ4n) is 2.16. The molecule has 1 unspecified atom stereocenters. The lowest BCUT2D eigenvalue weighted by atomic mass is 10.1. The van der Waals surface area contributed by atoms with E-state index in [1.165, 1.54) is 0 Å². The van der Waals surface area contributed by atoms with E-state index in [1.54, 1.807) is 25.1 Å². The lowest BCUT2D eigenvalue weighted by molar-refractivity contribution is -0.127. The Morgan fingerprint density at radius 2 is 1.96 bits per heavy atom. The van der Waals surface area contributed by atoms with Crippen LogP contribution in [0.5, 0.6) is 5.75 Å². The molecule has 0 aliphatic rings. The van der Waals surface area contributed by atoms with E-state index in [0.29, 0.717) is 17.2 Å². The Hall–Kier alpha value is -2.33. The molecule has 0 saturated heterocycles. The molecule has 0 bridgehead atoms. The zero-order chi connectivity index (χ0) is 17.5. The predicted octanol–water partition coefficient (Wildman–Crippen LogP) is 4.15. The molecule has 24 heavy (non-hydrogen) atoms. The fraction of sp³-hybridized carbons (Fsp3) is 0.263. The second kappa shape index (κ2) is 8.50. The molecule has 126 valence electrons. The van der Waals surface area contributed by atoms with Crippen LogP contribution in [0, 0.1) is 6.92 Å². The second-order valence-electron chi connectivity index (χ2n) is 5.66. The molecule has 5 heteroatoms. The molecule has 1 amide bonds. The molecule has 0 radical (unpaired) electrons. The van der Waals surface area contributed by atoms with Crippen molar-refractivity contribution in [3.8, 4) is 5.75 Å². The number of benzene rings is 2. The number of carbonyl (C=O) groups excluding carboxylic acids is 1. The summed E-state index contributed by atoms with van der Waals surface area (Å²) >= 11 is 5.91. The van der Waals surface area contributed by atoms with Crippen LogP contribution in [0.2, 0.25) is 5.02 Å². The van der Waals surface area contributed by atoms with E-state index >= 15 is 0 Å². The zero-order valence-electron chi connectivity index (χ0n) is 14.0. The van der Waals surface area contributed by atoms with Crippen LogP contribution in [-0.4, -0.2) is 17.7 Å². The summed E-state index contributed by atoms with van der Waals surface area (Å²) in [5.74, 6) is 0.337. The number of carbonyl (C=O) groups is 1. The van der Waals surface area contributed by atoms with Crippen molar-refractivity contribution in [1.29, 1.82) is 0 Å². The maximum atomic E-state index is 12.1. The van der Waals surface area contributed by atoms with Crippen molar-refractivity contribution < 1.29 is 9.53 Å². The van der Waals surface area contributed by atoms with Crippen LogP contribution in [0.4, 0.5) is 0 Å². The van der Waals surface area contributed by atoms with Gasteiger partial charge in [0.25, 0.3) is 5.91 Å². The number of halogens is 1.